The van der Waals surface area contributed by atoms with Crippen LogP contribution in [0.1, 0.15) is 51.8 Å². The second-order valence-electron chi connectivity index (χ2n) is 8.24. The Kier molecular flexibility index (Phi) is 5.26. The zero-order valence-corrected chi connectivity index (χ0v) is 17.2. The van der Waals surface area contributed by atoms with Gasteiger partial charge in [0.05, 0.1) is 5.25 Å². The van der Waals surface area contributed by atoms with Crippen LogP contribution in [0.3, 0.4) is 0 Å². The van der Waals surface area contributed by atoms with Gasteiger partial charge in [-0.1, -0.05) is 43.8 Å². The van der Waals surface area contributed by atoms with Crippen molar-refractivity contribution in [2.24, 2.45) is 11.8 Å². The second-order valence-corrected chi connectivity index (χ2v) is 9.54. The summed E-state index contributed by atoms with van der Waals surface area (Å²) in [4.78, 5) is 15.1. The predicted molar refractivity (Wildman–Crippen MR) is 108 cm³/mol. The molecule has 4 rings (SSSR count). The molecule has 0 bridgehead atoms. The molecule has 1 saturated carbocycles. The molecule has 27 heavy (non-hydrogen) atoms. The Labute approximate surface area is 165 Å². The van der Waals surface area contributed by atoms with E-state index in [2.05, 4.69) is 40.7 Å². The third kappa shape index (κ3) is 4.05. The SMILES string of the molecule is CC1CC(C)CN(C(=O)C(C)Sc2nnc(C3CC3)n2-c2ccccc2)C1. The molecule has 3 unspecified atom stereocenters. The van der Waals surface area contributed by atoms with Crippen LogP contribution in [0.25, 0.3) is 5.69 Å². The van der Waals surface area contributed by atoms with E-state index in [1.807, 2.05) is 30.0 Å². The van der Waals surface area contributed by atoms with Crippen LogP contribution in [0.2, 0.25) is 0 Å². The fourth-order valence-corrected chi connectivity index (χ4v) is 5.05. The first kappa shape index (κ1) is 18.5. The molecule has 1 saturated heterocycles. The van der Waals surface area contributed by atoms with Crippen molar-refractivity contribution in [1.82, 2.24) is 19.7 Å². The fraction of sp³-hybridized carbons (Fsp3) is 0.571. The maximum atomic E-state index is 13.0. The fourth-order valence-electron chi connectivity index (χ4n) is 4.09. The summed E-state index contributed by atoms with van der Waals surface area (Å²) in [5.41, 5.74) is 1.08. The number of para-hydroxylation sites is 1. The molecule has 1 aromatic carbocycles. The number of nitrogens with zero attached hydrogens (tertiary/aromatic N) is 4. The van der Waals surface area contributed by atoms with Crippen LogP contribution in [-0.2, 0) is 4.79 Å². The number of aromatic nitrogens is 3. The highest BCUT2D eigenvalue weighted by Crippen LogP contribution is 2.41. The van der Waals surface area contributed by atoms with Gasteiger partial charge in [0.15, 0.2) is 5.16 Å². The van der Waals surface area contributed by atoms with Gasteiger partial charge in [-0.3, -0.25) is 9.36 Å². The molecule has 3 atom stereocenters. The molecular weight excluding hydrogens is 356 g/mol. The Morgan fingerprint density at radius 3 is 2.41 bits per heavy atom. The lowest BCUT2D eigenvalue weighted by Gasteiger charge is -2.36. The largest absolute Gasteiger partial charge is 0.341 e. The maximum Gasteiger partial charge on any atom is 0.235 e. The lowest BCUT2D eigenvalue weighted by molar-refractivity contribution is -0.132. The van der Waals surface area contributed by atoms with Gasteiger partial charge < -0.3 is 4.90 Å². The number of carbonyl (C=O) groups excluding carboxylic acids is 1. The molecule has 6 heteroatoms. The van der Waals surface area contributed by atoms with Gasteiger partial charge in [-0.25, -0.2) is 0 Å². The van der Waals surface area contributed by atoms with E-state index in [0.29, 0.717) is 17.8 Å². The number of thioether (sulfide) groups is 1. The lowest BCUT2D eigenvalue weighted by atomic mass is 9.92. The van der Waals surface area contributed by atoms with Gasteiger partial charge in [0.25, 0.3) is 0 Å². The monoisotopic (exact) mass is 384 g/mol. The molecule has 2 fully saturated rings. The van der Waals surface area contributed by atoms with Gasteiger partial charge in [-0.05, 0) is 50.2 Å². The molecule has 2 aromatic rings. The summed E-state index contributed by atoms with van der Waals surface area (Å²) in [5.74, 6) is 2.90. The number of hydrogen-bond donors (Lipinski definition) is 0. The standard InChI is InChI=1S/C21H28N4OS/c1-14-11-15(2)13-24(12-14)20(26)16(3)27-21-23-22-19(17-9-10-17)25(21)18-7-5-4-6-8-18/h4-8,14-17H,9-13H2,1-3H3. The molecule has 1 aromatic heterocycles. The minimum absolute atomic E-state index is 0.166. The molecule has 5 nitrogen and oxygen atoms in total. The quantitative estimate of drug-likeness (QED) is 0.728. The van der Waals surface area contributed by atoms with Crippen molar-refractivity contribution < 1.29 is 4.79 Å². The summed E-state index contributed by atoms with van der Waals surface area (Å²) < 4.78 is 2.15. The number of carbonyl (C=O) groups is 1. The van der Waals surface area contributed by atoms with Crippen LogP contribution in [0.4, 0.5) is 0 Å². The molecule has 2 heterocycles. The van der Waals surface area contributed by atoms with Crippen LogP contribution < -0.4 is 0 Å². The van der Waals surface area contributed by atoms with Gasteiger partial charge >= 0.3 is 0 Å². The average Bonchev–Trinajstić information content (AvgIpc) is 3.41. The zero-order chi connectivity index (χ0) is 19.0. The zero-order valence-electron chi connectivity index (χ0n) is 16.3. The van der Waals surface area contributed by atoms with Gasteiger partial charge in [0, 0.05) is 24.7 Å². The van der Waals surface area contributed by atoms with Gasteiger partial charge in [0.2, 0.25) is 5.91 Å². The molecule has 1 aliphatic carbocycles. The van der Waals surface area contributed by atoms with E-state index in [-0.39, 0.29) is 11.2 Å². The maximum absolute atomic E-state index is 13.0. The molecule has 0 N–H and O–H groups in total. The minimum atomic E-state index is -0.166. The van der Waals surface area contributed by atoms with Crippen LogP contribution in [-0.4, -0.2) is 43.9 Å². The van der Waals surface area contributed by atoms with Crippen LogP contribution in [0.15, 0.2) is 35.5 Å². The van der Waals surface area contributed by atoms with Crippen molar-refractivity contribution in [2.75, 3.05) is 13.1 Å². The number of piperidine rings is 1. The molecule has 0 radical (unpaired) electrons. The first-order chi connectivity index (χ1) is 13.0. The molecule has 1 aliphatic heterocycles. The highest BCUT2D eigenvalue weighted by Gasteiger charge is 2.33. The van der Waals surface area contributed by atoms with Gasteiger partial charge in [-0.15, -0.1) is 10.2 Å². The summed E-state index contributed by atoms with van der Waals surface area (Å²) in [5, 5.41) is 9.58. The Bertz CT molecular complexity index is 792. The minimum Gasteiger partial charge on any atom is -0.341 e. The van der Waals surface area contributed by atoms with E-state index in [1.165, 1.54) is 31.0 Å². The number of hydrogen-bond acceptors (Lipinski definition) is 4. The van der Waals surface area contributed by atoms with Crippen molar-refractivity contribution in [3.8, 4) is 5.69 Å². The highest BCUT2D eigenvalue weighted by atomic mass is 32.2. The second kappa shape index (κ2) is 7.66. The van der Waals surface area contributed by atoms with Crippen molar-refractivity contribution >= 4 is 17.7 Å². The average molecular weight is 385 g/mol. The van der Waals surface area contributed by atoms with E-state index in [4.69, 9.17) is 0 Å². The first-order valence-electron chi connectivity index (χ1n) is 9.99. The number of likely N-dealkylation sites (tertiary alicyclic amines) is 1. The lowest BCUT2D eigenvalue weighted by Crippen LogP contribution is -2.45. The number of amides is 1. The topological polar surface area (TPSA) is 51.0 Å². The number of rotatable bonds is 5. The van der Waals surface area contributed by atoms with Crippen molar-refractivity contribution in [3.63, 3.8) is 0 Å². The summed E-state index contributed by atoms with van der Waals surface area (Å²) in [6, 6.07) is 10.2. The predicted octanol–water partition coefficient (Wildman–Crippen LogP) is 4.13. The van der Waals surface area contributed by atoms with E-state index in [1.54, 1.807) is 0 Å². The smallest absolute Gasteiger partial charge is 0.235 e. The van der Waals surface area contributed by atoms with Gasteiger partial charge in [-0.2, -0.15) is 0 Å². The Hall–Kier alpha value is -1.82. The third-order valence-electron chi connectivity index (χ3n) is 5.43. The van der Waals surface area contributed by atoms with E-state index in [9.17, 15) is 4.79 Å². The Morgan fingerprint density at radius 1 is 1.11 bits per heavy atom. The van der Waals surface area contributed by atoms with Crippen LogP contribution >= 0.6 is 11.8 Å². The van der Waals surface area contributed by atoms with Gasteiger partial charge in [0.1, 0.15) is 5.82 Å². The molecule has 2 aliphatic rings. The molecule has 1 amide bonds. The first-order valence-corrected chi connectivity index (χ1v) is 10.9. The third-order valence-corrected chi connectivity index (χ3v) is 6.46. The molecule has 0 spiro atoms. The summed E-state index contributed by atoms with van der Waals surface area (Å²) in [6.07, 6.45) is 3.56. The Balaban J connectivity index is 1.55. The summed E-state index contributed by atoms with van der Waals surface area (Å²) >= 11 is 1.53. The van der Waals surface area contributed by atoms with Crippen LogP contribution in [0, 0.1) is 11.8 Å². The van der Waals surface area contributed by atoms with Crippen molar-refractivity contribution in [3.05, 3.63) is 36.2 Å². The summed E-state index contributed by atoms with van der Waals surface area (Å²) in [7, 11) is 0. The number of benzene rings is 1. The van der Waals surface area contributed by atoms with Crippen molar-refractivity contribution in [2.45, 2.75) is 56.4 Å². The summed E-state index contributed by atoms with van der Waals surface area (Å²) in [6.45, 7) is 8.21. The van der Waals surface area contributed by atoms with E-state index < -0.39 is 0 Å². The molecular formula is C21H28N4OS. The highest BCUT2D eigenvalue weighted by molar-refractivity contribution is 8.00. The van der Waals surface area contributed by atoms with E-state index in [0.717, 1.165) is 29.8 Å². The Morgan fingerprint density at radius 2 is 1.78 bits per heavy atom. The van der Waals surface area contributed by atoms with Crippen LogP contribution in [0.5, 0.6) is 0 Å². The normalized spacial score (nSPS) is 24.0. The molecule has 144 valence electrons. The van der Waals surface area contributed by atoms with E-state index >= 15 is 0 Å². The van der Waals surface area contributed by atoms with Crippen molar-refractivity contribution in [1.29, 1.82) is 0 Å².